The van der Waals surface area contributed by atoms with Gasteiger partial charge in [0.1, 0.15) is 0 Å². The lowest BCUT2D eigenvalue weighted by atomic mass is 10.2. The Morgan fingerprint density at radius 3 is 3.00 bits per heavy atom. The van der Waals surface area contributed by atoms with Gasteiger partial charge in [-0.05, 0) is 19.9 Å². The lowest BCUT2D eigenvalue weighted by Crippen LogP contribution is -2.48. The second-order valence-corrected chi connectivity index (χ2v) is 6.98. The molecule has 0 aromatic carbocycles. The van der Waals surface area contributed by atoms with Gasteiger partial charge in [0, 0.05) is 37.4 Å². The topological polar surface area (TPSA) is 63.5 Å². The van der Waals surface area contributed by atoms with Gasteiger partial charge in [0.05, 0.1) is 31.5 Å². The van der Waals surface area contributed by atoms with Gasteiger partial charge >= 0.3 is 0 Å². The molecule has 0 saturated carbocycles. The molecule has 24 heavy (non-hydrogen) atoms. The summed E-state index contributed by atoms with van der Waals surface area (Å²) >= 11 is 1.47. The molecular weight excluding hydrogens is 326 g/mol. The number of aryl methyl sites for hydroxylation is 2. The van der Waals surface area contributed by atoms with Gasteiger partial charge in [-0.1, -0.05) is 0 Å². The number of anilines is 1. The van der Waals surface area contributed by atoms with Crippen LogP contribution >= 0.6 is 11.3 Å². The summed E-state index contributed by atoms with van der Waals surface area (Å²) in [4.78, 5) is 20.4. The largest absolute Gasteiger partial charge is 0.374 e. The Balaban J connectivity index is 1.55. The quantitative estimate of drug-likeness (QED) is 0.815. The van der Waals surface area contributed by atoms with Gasteiger partial charge in [-0.2, -0.15) is 5.10 Å². The normalized spacial score (nSPS) is 18.7. The van der Waals surface area contributed by atoms with Crippen LogP contribution in [0.5, 0.6) is 0 Å². The summed E-state index contributed by atoms with van der Waals surface area (Å²) in [5.74, 6) is 0.0525. The van der Waals surface area contributed by atoms with Crippen LogP contribution in [0, 0.1) is 13.8 Å². The lowest BCUT2D eigenvalue weighted by molar-refractivity contribution is -0.121. The van der Waals surface area contributed by atoms with Crippen molar-refractivity contribution in [2.75, 3.05) is 38.2 Å². The van der Waals surface area contributed by atoms with Gasteiger partial charge in [0.25, 0.3) is 0 Å². The number of thiazole rings is 1. The number of amides is 1. The van der Waals surface area contributed by atoms with Crippen molar-refractivity contribution in [1.29, 1.82) is 0 Å². The minimum absolute atomic E-state index is 0.0507. The molecule has 1 amide bonds. The van der Waals surface area contributed by atoms with E-state index in [9.17, 15) is 4.79 Å². The highest BCUT2D eigenvalue weighted by molar-refractivity contribution is 7.13. The fourth-order valence-electron chi connectivity index (χ4n) is 2.87. The predicted octanol–water partition coefficient (Wildman–Crippen LogP) is 1.32. The Labute approximate surface area is 145 Å². The molecule has 1 atom stereocenters. The average Bonchev–Trinajstić information content (AvgIpc) is 3.17. The van der Waals surface area contributed by atoms with Gasteiger partial charge < -0.3 is 4.74 Å². The van der Waals surface area contributed by atoms with E-state index >= 15 is 0 Å². The minimum Gasteiger partial charge on any atom is -0.374 e. The predicted molar refractivity (Wildman–Crippen MR) is 93.4 cm³/mol. The van der Waals surface area contributed by atoms with Crippen molar-refractivity contribution in [2.45, 2.75) is 26.5 Å². The molecule has 3 rings (SSSR count). The summed E-state index contributed by atoms with van der Waals surface area (Å²) in [7, 11) is 1.77. The van der Waals surface area contributed by atoms with Crippen molar-refractivity contribution in [2.24, 2.45) is 0 Å². The second-order valence-electron chi connectivity index (χ2n) is 6.10. The number of aromatic nitrogens is 3. The number of carbonyl (C=O) groups excluding carboxylic acids is 1. The standard InChI is InChI=1S/C16H23N5O2S/c1-12-8-13(2)21(18-12)10-14-9-20(5-6-23-14)11-15(22)19(3)16-17-4-7-24-16/h4,7-8,14H,5-6,9-11H2,1-3H3/t14-/m1/s1. The van der Waals surface area contributed by atoms with E-state index in [1.807, 2.05) is 23.9 Å². The van der Waals surface area contributed by atoms with E-state index in [1.54, 1.807) is 18.1 Å². The number of rotatable bonds is 5. The molecule has 1 fully saturated rings. The lowest BCUT2D eigenvalue weighted by Gasteiger charge is -2.33. The molecule has 1 aliphatic heterocycles. The molecule has 0 N–H and O–H groups in total. The molecule has 0 bridgehead atoms. The number of ether oxygens (including phenoxy) is 1. The fraction of sp³-hybridized carbons (Fsp3) is 0.562. The number of hydrogen-bond donors (Lipinski definition) is 0. The molecule has 2 aromatic rings. The zero-order valence-electron chi connectivity index (χ0n) is 14.3. The molecule has 0 radical (unpaired) electrons. The summed E-state index contributed by atoms with van der Waals surface area (Å²) in [5, 5.41) is 7.09. The van der Waals surface area contributed by atoms with E-state index in [0.717, 1.165) is 29.6 Å². The molecule has 7 nitrogen and oxygen atoms in total. The molecule has 0 spiro atoms. The zero-order chi connectivity index (χ0) is 17.1. The Morgan fingerprint density at radius 1 is 1.50 bits per heavy atom. The Morgan fingerprint density at radius 2 is 2.33 bits per heavy atom. The maximum Gasteiger partial charge on any atom is 0.242 e. The highest BCUT2D eigenvalue weighted by atomic mass is 32.1. The van der Waals surface area contributed by atoms with Gasteiger partial charge in [-0.3, -0.25) is 19.3 Å². The minimum atomic E-state index is 0.0507. The number of likely N-dealkylation sites (N-methyl/N-ethyl adjacent to an activating group) is 1. The van der Waals surface area contributed by atoms with Crippen molar-refractivity contribution in [1.82, 2.24) is 19.7 Å². The van der Waals surface area contributed by atoms with Gasteiger partial charge in [-0.25, -0.2) is 4.98 Å². The maximum atomic E-state index is 12.4. The third kappa shape index (κ3) is 4.00. The van der Waals surface area contributed by atoms with Crippen molar-refractivity contribution in [3.05, 3.63) is 29.0 Å². The third-order valence-corrected chi connectivity index (χ3v) is 4.99. The van der Waals surface area contributed by atoms with Crippen molar-refractivity contribution < 1.29 is 9.53 Å². The molecular formula is C16H23N5O2S. The summed E-state index contributed by atoms with van der Waals surface area (Å²) in [6, 6.07) is 2.06. The molecule has 3 heterocycles. The smallest absolute Gasteiger partial charge is 0.242 e. The number of carbonyl (C=O) groups is 1. The van der Waals surface area contributed by atoms with E-state index in [0.29, 0.717) is 19.7 Å². The summed E-state index contributed by atoms with van der Waals surface area (Å²) in [6.07, 6.45) is 1.76. The van der Waals surface area contributed by atoms with Crippen LogP contribution in [-0.4, -0.2) is 65.0 Å². The van der Waals surface area contributed by atoms with Crippen molar-refractivity contribution >= 4 is 22.4 Å². The first-order valence-corrected chi connectivity index (χ1v) is 8.92. The first kappa shape index (κ1) is 17.1. The Kier molecular flexibility index (Phi) is 5.27. The van der Waals surface area contributed by atoms with E-state index < -0.39 is 0 Å². The van der Waals surface area contributed by atoms with Crippen LogP contribution in [0.3, 0.4) is 0 Å². The Hall–Kier alpha value is -1.77. The molecule has 1 aliphatic rings. The molecule has 0 aliphatic carbocycles. The van der Waals surface area contributed by atoms with Crippen LogP contribution < -0.4 is 4.90 Å². The summed E-state index contributed by atoms with van der Waals surface area (Å²) in [5.41, 5.74) is 2.15. The first-order chi connectivity index (χ1) is 11.5. The van der Waals surface area contributed by atoms with E-state index in [4.69, 9.17) is 4.74 Å². The highest BCUT2D eigenvalue weighted by Crippen LogP contribution is 2.16. The number of nitrogens with zero attached hydrogens (tertiary/aromatic N) is 5. The van der Waals surface area contributed by atoms with E-state index in [-0.39, 0.29) is 12.0 Å². The van der Waals surface area contributed by atoms with Crippen LogP contribution in [0.2, 0.25) is 0 Å². The fourth-order valence-corrected chi connectivity index (χ4v) is 3.50. The van der Waals surface area contributed by atoms with Gasteiger partial charge in [-0.15, -0.1) is 11.3 Å². The van der Waals surface area contributed by atoms with E-state index in [2.05, 4.69) is 21.0 Å². The van der Waals surface area contributed by atoms with Crippen LogP contribution in [0.25, 0.3) is 0 Å². The monoisotopic (exact) mass is 349 g/mol. The van der Waals surface area contributed by atoms with Crippen LogP contribution in [-0.2, 0) is 16.1 Å². The van der Waals surface area contributed by atoms with Crippen LogP contribution in [0.4, 0.5) is 5.13 Å². The molecule has 1 saturated heterocycles. The molecule has 8 heteroatoms. The number of hydrogen-bond acceptors (Lipinski definition) is 6. The SMILES string of the molecule is Cc1cc(C)n(C[C@H]2CN(CC(=O)N(C)c3nccs3)CCO2)n1. The maximum absolute atomic E-state index is 12.4. The van der Waals surface area contributed by atoms with Crippen LogP contribution in [0.15, 0.2) is 17.6 Å². The second kappa shape index (κ2) is 7.42. The molecule has 130 valence electrons. The van der Waals surface area contributed by atoms with Crippen LogP contribution in [0.1, 0.15) is 11.4 Å². The average molecular weight is 349 g/mol. The van der Waals surface area contributed by atoms with Gasteiger partial charge in [0.15, 0.2) is 5.13 Å². The molecule has 0 unspecified atom stereocenters. The first-order valence-electron chi connectivity index (χ1n) is 8.04. The van der Waals surface area contributed by atoms with Gasteiger partial charge in [0.2, 0.25) is 5.91 Å². The van der Waals surface area contributed by atoms with Crippen molar-refractivity contribution in [3.8, 4) is 0 Å². The number of morpholine rings is 1. The third-order valence-electron chi connectivity index (χ3n) is 4.14. The Bertz CT molecular complexity index is 685. The van der Waals surface area contributed by atoms with E-state index in [1.165, 1.54) is 11.3 Å². The van der Waals surface area contributed by atoms with Crippen molar-refractivity contribution in [3.63, 3.8) is 0 Å². The summed E-state index contributed by atoms with van der Waals surface area (Å²) in [6.45, 7) is 7.27. The molecule has 2 aromatic heterocycles. The summed E-state index contributed by atoms with van der Waals surface area (Å²) < 4.78 is 7.83. The highest BCUT2D eigenvalue weighted by Gasteiger charge is 2.25. The zero-order valence-corrected chi connectivity index (χ0v) is 15.1.